The fourth-order valence-corrected chi connectivity index (χ4v) is 3.76. The molecule has 6 nitrogen and oxygen atoms in total. The molecule has 0 saturated carbocycles. The summed E-state index contributed by atoms with van der Waals surface area (Å²) >= 11 is 0. The number of fused-ring (bicyclic) bond motifs is 2. The SMILES string of the molecule is CC(O)N1C(=O)C2(CCNCC2)c2cc(C(=O)OC(C)(C)C)ccc21. The number of aliphatic hydroxyl groups excluding tert-OH is 1. The molecule has 1 atom stereocenters. The van der Waals surface area contributed by atoms with Gasteiger partial charge in [0.05, 0.1) is 16.7 Å². The Labute approximate surface area is 148 Å². The maximum absolute atomic E-state index is 13.1. The number of amides is 1. The van der Waals surface area contributed by atoms with Gasteiger partial charge >= 0.3 is 5.97 Å². The summed E-state index contributed by atoms with van der Waals surface area (Å²) in [6.45, 7) is 8.52. The Bertz CT molecular complexity index is 700. The van der Waals surface area contributed by atoms with Crippen LogP contribution in [0, 0.1) is 0 Å². The van der Waals surface area contributed by atoms with Crippen molar-refractivity contribution in [2.24, 2.45) is 0 Å². The smallest absolute Gasteiger partial charge is 0.338 e. The highest BCUT2D eigenvalue weighted by Crippen LogP contribution is 2.48. The molecule has 1 aromatic rings. The van der Waals surface area contributed by atoms with Crippen LogP contribution >= 0.6 is 0 Å². The standard InChI is InChI=1S/C19H26N2O4/c1-12(22)21-15-6-5-13(16(23)25-18(2,3)4)11-14(15)19(17(21)24)7-9-20-10-8-19/h5-6,11-12,20,22H,7-10H2,1-4H3. The maximum Gasteiger partial charge on any atom is 0.338 e. The molecule has 2 heterocycles. The maximum atomic E-state index is 13.1. The van der Waals surface area contributed by atoms with Gasteiger partial charge in [0.25, 0.3) is 0 Å². The lowest BCUT2D eigenvalue weighted by atomic mass is 9.74. The fraction of sp³-hybridized carbons (Fsp3) is 0.579. The van der Waals surface area contributed by atoms with Crippen LogP contribution in [0.4, 0.5) is 5.69 Å². The van der Waals surface area contributed by atoms with E-state index in [9.17, 15) is 14.7 Å². The highest BCUT2D eigenvalue weighted by molar-refractivity contribution is 6.09. The normalized spacial score (nSPS) is 20.5. The molecule has 136 valence electrons. The first-order valence-electron chi connectivity index (χ1n) is 8.76. The third kappa shape index (κ3) is 3.04. The van der Waals surface area contributed by atoms with Gasteiger partial charge in [-0.1, -0.05) is 0 Å². The van der Waals surface area contributed by atoms with Crippen LogP contribution in [0.2, 0.25) is 0 Å². The van der Waals surface area contributed by atoms with Crippen molar-refractivity contribution in [1.29, 1.82) is 0 Å². The van der Waals surface area contributed by atoms with Gasteiger partial charge in [-0.2, -0.15) is 0 Å². The topological polar surface area (TPSA) is 78.9 Å². The van der Waals surface area contributed by atoms with E-state index in [1.54, 1.807) is 25.1 Å². The molecule has 0 aromatic heterocycles. The molecular weight excluding hydrogens is 320 g/mol. The van der Waals surface area contributed by atoms with Gasteiger partial charge in [-0.15, -0.1) is 0 Å². The summed E-state index contributed by atoms with van der Waals surface area (Å²) in [6.07, 6.45) is 0.396. The number of esters is 1. The van der Waals surface area contributed by atoms with Gasteiger partial charge in [0.1, 0.15) is 11.8 Å². The number of carbonyl (C=O) groups excluding carboxylic acids is 2. The number of rotatable bonds is 2. The number of hydrogen-bond acceptors (Lipinski definition) is 5. The minimum Gasteiger partial charge on any atom is -0.456 e. The number of nitrogens with one attached hydrogen (secondary N) is 1. The van der Waals surface area contributed by atoms with Crippen LogP contribution in [0.5, 0.6) is 0 Å². The van der Waals surface area contributed by atoms with Gasteiger partial charge in [-0.05, 0) is 77.4 Å². The monoisotopic (exact) mass is 346 g/mol. The molecule has 1 unspecified atom stereocenters. The molecule has 1 aromatic carbocycles. The molecule has 0 bridgehead atoms. The first-order valence-corrected chi connectivity index (χ1v) is 8.76. The number of anilines is 1. The molecule has 1 spiro atoms. The van der Waals surface area contributed by atoms with Crippen molar-refractivity contribution in [3.63, 3.8) is 0 Å². The molecule has 2 aliphatic heterocycles. The van der Waals surface area contributed by atoms with E-state index >= 15 is 0 Å². The summed E-state index contributed by atoms with van der Waals surface area (Å²) in [5.41, 5.74) is 0.698. The van der Waals surface area contributed by atoms with Gasteiger partial charge in [-0.25, -0.2) is 4.79 Å². The number of piperidine rings is 1. The first kappa shape index (κ1) is 17.9. The molecule has 1 saturated heterocycles. The summed E-state index contributed by atoms with van der Waals surface area (Å²) < 4.78 is 5.46. The van der Waals surface area contributed by atoms with Crippen molar-refractivity contribution in [3.8, 4) is 0 Å². The largest absolute Gasteiger partial charge is 0.456 e. The Morgan fingerprint density at radius 1 is 1.32 bits per heavy atom. The summed E-state index contributed by atoms with van der Waals surface area (Å²) in [4.78, 5) is 27.0. The predicted octanol–water partition coefficient (Wildman–Crippen LogP) is 1.95. The second-order valence-electron chi connectivity index (χ2n) is 7.87. The van der Waals surface area contributed by atoms with Crippen LogP contribution in [0.15, 0.2) is 18.2 Å². The summed E-state index contributed by atoms with van der Waals surface area (Å²) in [5.74, 6) is -0.484. The number of hydrogen-bond donors (Lipinski definition) is 2. The number of carbonyl (C=O) groups is 2. The van der Waals surface area contributed by atoms with Gasteiger partial charge < -0.3 is 15.2 Å². The Balaban J connectivity index is 2.06. The Hall–Kier alpha value is -1.92. The van der Waals surface area contributed by atoms with Crippen molar-refractivity contribution in [1.82, 2.24) is 5.32 Å². The van der Waals surface area contributed by atoms with Crippen molar-refractivity contribution in [3.05, 3.63) is 29.3 Å². The quantitative estimate of drug-likeness (QED) is 0.800. The van der Waals surface area contributed by atoms with E-state index in [0.29, 0.717) is 24.1 Å². The molecule has 0 radical (unpaired) electrons. The Kier molecular flexibility index (Phi) is 4.37. The zero-order valence-corrected chi connectivity index (χ0v) is 15.3. The van der Waals surface area contributed by atoms with Gasteiger partial charge in [0.15, 0.2) is 0 Å². The van der Waals surface area contributed by atoms with E-state index in [0.717, 1.165) is 18.7 Å². The average Bonchev–Trinajstić information content (AvgIpc) is 2.75. The molecule has 2 N–H and O–H groups in total. The molecular formula is C19H26N2O4. The fourth-order valence-electron chi connectivity index (χ4n) is 3.76. The highest BCUT2D eigenvalue weighted by Gasteiger charge is 2.52. The van der Waals surface area contributed by atoms with E-state index < -0.39 is 23.2 Å². The molecule has 25 heavy (non-hydrogen) atoms. The molecule has 1 fully saturated rings. The third-order valence-corrected chi connectivity index (χ3v) is 4.87. The molecule has 2 aliphatic rings. The minimum atomic E-state index is -0.909. The molecule has 6 heteroatoms. The second-order valence-corrected chi connectivity index (χ2v) is 7.87. The van der Waals surface area contributed by atoms with Gasteiger partial charge in [0, 0.05) is 0 Å². The van der Waals surface area contributed by atoms with Crippen LogP contribution in [-0.2, 0) is 14.9 Å². The number of nitrogens with zero attached hydrogens (tertiary/aromatic N) is 1. The van der Waals surface area contributed by atoms with E-state index in [1.165, 1.54) is 4.90 Å². The lowest BCUT2D eigenvalue weighted by Gasteiger charge is -2.33. The highest BCUT2D eigenvalue weighted by atomic mass is 16.6. The lowest BCUT2D eigenvalue weighted by molar-refractivity contribution is -0.125. The van der Waals surface area contributed by atoms with Crippen molar-refractivity contribution < 1.29 is 19.4 Å². The second kappa shape index (κ2) is 6.11. The van der Waals surface area contributed by atoms with Crippen LogP contribution in [0.3, 0.4) is 0 Å². The van der Waals surface area contributed by atoms with Gasteiger partial charge in [0.2, 0.25) is 5.91 Å². The Morgan fingerprint density at radius 2 is 1.96 bits per heavy atom. The third-order valence-electron chi connectivity index (χ3n) is 4.87. The number of ether oxygens (including phenoxy) is 1. The zero-order chi connectivity index (χ0) is 18.4. The lowest BCUT2D eigenvalue weighted by Crippen LogP contribution is -2.49. The summed E-state index contributed by atoms with van der Waals surface area (Å²) in [5, 5.41) is 13.4. The van der Waals surface area contributed by atoms with E-state index in [2.05, 4.69) is 5.32 Å². The van der Waals surface area contributed by atoms with E-state index in [-0.39, 0.29) is 5.91 Å². The van der Waals surface area contributed by atoms with E-state index in [4.69, 9.17) is 4.74 Å². The summed E-state index contributed by atoms with van der Waals surface area (Å²) in [6, 6.07) is 5.18. The average molecular weight is 346 g/mol. The van der Waals surface area contributed by atoms with Crippen LogP contribution in [0.1, 0.15) is 56.5 Å². The van der Waals surface area contributed by atoms with E-state index in [1.807, 2.05) is 20.8 Å². The minimum absolute atomic E-state index is 0.0830. The Morgan fingerprint density at radius 3 is 2.52 bits per heavy atom. The molecule has 1 amide bonds. The first-order chi connectivity index (χ1) is 11.7. The van der Waals surface area contributed by atoms with Crippen molar-refractivity contribution in [2.45, 2.75) is 57.8 Å². The number of benzene rings is 1. The molecule has 0 aliphatic carbocycles. The van der Waals surface area contributed by atoms with Crippen LogP contribution in [0.25, 0.3) is 0 Å². The number of aliphatic hydroxyl groups is 1. The van der Waals surface area contributed by atoms with Crippen molar-refractivity contribution in [2.75, 3.05) is 18.0 Å². The van der Waals surface area contributed by atoms with Crippen molar-refractivity contribution >= 4 is 17.6 Å². The zero-order valence-electron chi connectivity index (χ0n) is 15.3. The van der Waals surface area contributed by atoms with Gasteiger partial charge in [-0.3, -0.25) is 9.69 Å². The van der Waals surface area contributed by atoms with Crippen LogP contribution in [-0.4, -0.2) is 41.9 Å². The predicted molar refractivity (Wildman–Crippen MR) is 94.6 cm³/mol. The van der Waals surface area contributed by atoms with Crippen LogP contribution < -0.4 is 10.2 Å². The summed E-state index contributed by atoms with van der Waals surface area (Å²) in [7, 11) is 0. The molecule has 3 rings (SSSR count).